The van der Waals surface area contributed by atoms with Crippen LogP contribution in [0.2, 0.25) is 0 Å². The normalized spacial score (nSPS) is 31.9. The largest absolute Gasteiger partial charge is 0.478 e. The van der Waals surface area contributed by atoms with E-state index in [1.165, 1.54) is 6.20 Å². The molecule has 2 atom stereocenters. The van der Waals surface area contributed by atoms with Gasteiger partial charge in [0.2, 0.25) is 0 Å². The molecule has 2 aliphatic rings. The van der Waals surface area contributed by atoms with Crippen LogP contribution in [-0.2, 0) is 10.3 Å². The van der Waals surface area contributed by atoms with Gasteiger partial charge in [-0.1, -0.05) is 0 Å². The Hall–Kier alpha value is -1.53. The topological polar surface area (TPSA) is 84.3 Å². The molecule has 6 heteroatoms. The Morgan fingerprint density at radius 1 is 1.75 bits per heavy atom. The number of morpholine rings is 1. The first kappa shape index (κ1) is 9.68. The predicted octanol–water partition coefficient (Wildman–Crippen LogP) is -0.438. The van der Waals surface area contributed by atoms with E-state index in [9.17, 15) is 4.79 Å². The Morgan fingerprint density at radius 2 is 2.62 bits per heavy atom. The third-order valence-corrected chi connectivity index (χ3v) is 3.14. The molecular formula is C10H10N3O3. The number of nitrogens with zero attached hydrogens (tertiary/aromatic N) is 2. The summed E-state index contributed by atoms with van der Waals surface area (Å²) < 4.78 is 5.68. The van der Waals surface area contributed by atoms with E-state index in [1.807, 2.05) is 0 Å². The average molecular weight is 220 g/mol. The second-order valence-electron chi connectivity index (χ2n) is 4.12. The molecule has 2 unspecified atom stereocenters. The van der Waals surface area contributed by atoms with E-state index in [4.69, 9.17) is 9.84 Å². The highest BCUT2D eigenvalue weighted by molar-refractivity contribution is 5.88. The van der Waals surface area contributed by atoms with Crippen LogP contribution in [0.1, 0.15) is 22.5 Å². The lowest BCUT2D eigenvalue weighted by molar-refractivity contribution is -0.0139. The van der Waals surface area contributed by atoms with E-state index >= 15 is 0 Å². The zero-order chi connectivity index (χ0) is 11.2. The van der Waals surface area contributed by atoms with Crippen LogP contribution in [0.25, 0.3) is 0 Å². The van der Waals surface area contributed by atoms with Crippen molar-refractivity contribution in [1.29, 1.82) is 0 Å². The van der Waals surface area contributed by atoms with Crippen LogP contribution in [0.5, 0.6) is 0 Å². The van der Waals surface area contributed by atoms with Crippen LogP contribution in [0.15, 0.2) is 6.20 Å². The molecule has 0 spiro atoms. The maximum absolute atomic E-state index is 11.1. The molecule has 16 heavy (non-hydrogen) atoms. The van der Waals surface area contributed by atoms with Gasteiger partial charge in [0.05, 0.1) is 12.3 Å². The number of nitrogens with one attached hydrogen (secondary N) is 1. The van der Waals surface area contributed by atoms with Crippen molar-refractivity contribution in [3.63, 3.8) is 0 Å². The number of ether oxygens (including phenoxy) is 1. The van der Waals surface area contributed by atoms with Gasteiger partial charge in [-0.05, 0) is 0 Å². The van der Waals surface area contributed by atoms with Crippen molar-refractivity contribution in [3.8, 4) is 0 Å². The van der Waals surface area contributed by atoms with Gasteiger partial charge in [0.15, 0.2) is 6.33 Å². The molecule has 2 bridgehead atoms. The van der Waals surface area contributed by atoms with Crippen LogP contribution < -0.4 is 5.32 Å². The van der Waals surface area contributed by atoms with E-state index < -0.39 is 11.6 Å². The second-order valence-corrected chi connectivity index (χ2v) is 4.12. The molecule has 2 saturated heterocycles. The lowest BCUT2D eigenvalue weighted by Gasteiger charge is -2.26. The summed E-state index contributed by atoms with van der Waals surface area (Å²) in [6, 6.07) is 0.302. The summed E-state index contributed by atoms with van der Waals surface area (Å²) in [4.78, 5) is 18.7. The summed E-state index contributed by atoms with van der Waals surface area (Å²) in [5.74, 6) is -1.03. The smallest absolute Gasteiger partial charge is 0.339 e. The van der Waals surface area contributed by atoms with Gasteiger partial charge in [-0.3, -0.25) is 0 Å². The number of hydrogen-bond acceptors (Lipinski definition) is 5. The van der Waals surface area contributed by atoms with Crippen LogP contribution >= 0.6 is 0 Å². The molecule has 1 aromatic heterocycles. The average Bonchev–Trinajstić information content (AvgIpc) is 2.90. The second kappa shape index (κ2) is 3.23. The Bertz CT molecular complexity index is 441. The van der Waals surface area contributed by atoms with Gasteiger partial charge in [0.25, 0.3) is 0 Å². The first-order chi connectivity index (χ1) is 7.71. The molecule has 0 aromatic carbocycles. The number of rotatable bonds is 2. The molecule has 2 fully saturated rings. The number of hydrogen-bond donors (Lipinski definition) is 2. The fraction of sp³-hybridized carbons (Fsp3) is 0.500. The molecule has 3 heterocycles. The van der Waals surface area contributed by atoms with Gasteiger partial charge >= 0.3 is 5.97 Å². The highest BCUT2D eigenvalue weighted by Crippen LogP contribution is 2.40. The standard InChI is InChI=1S/C10H10N3O3/c14-9(15)7-2-11-5-13-8(7)10-1-6(3-16-10)12-4-10/h2,6,12H,1,3-4H2,(H,14,15). The number of aromatic nitrogens is 2. The number of fused-ring (bicyclic) bond motifs is 2. The SMILES string of the molecule is O=C(O)c1cn[c]nc1C12CNC(CO1)C2. The van der Waals surface area contributed by atoms with Gasteiger partial charge in [-0.15, -0.1) is 0 Å². The van der Waals surface area contributed by atoms with E-state index in [-0.39, 0.29) is 5.56 Å². The van der Waals surface area contributed by atoms with Gasteiger partial charge in [-0.25, -0.2) is 14.8 Å². The number of aromatic carboxylic acids is 1. The summed E-state index contributed by atoms with van der Waals surface area (Å²) in [6.45, 7) is 1.20. The Labute approximate surface area is 91.7 Å². The molecule has 83 valence electrons. The minimum atomic E-state index is -1.03. The molecule has 1 radical (unpaired) electrons. The van der Waals surface area contributed by atoms with Crippen molar-refractivity contribution >= 4 is 5.97 Å². The number of carboxylic acid groups (broad SMARTS) is 1. The number of carboxylic acids is 1. The highest BCUT2D eigenvalue weighted by Gasteiger charge is 2.50. The Morgan fingerprint density at radius 3 is 3.19 bits per heavy atom. The molecule has 2 N–H and O–H groups in total. The molecule has 0 saturated carbocycles. The Kier molecular flexibility index (Phi) is 1.95. The van der Waals surface area contributed by atoms with E-state index in [1.54, 1.807) is 0 Å². The lowest BCUT2D eigenvalue weighted by Crippen LogP contribution is -2.39. The van der Waals surface area contributed by atoms with Crippen molar-refractivity contribution in [3.05, 3.63) is 23.8 Å². The minimum absolute atomic E-state index is 0.100. The first-order valence-corrected chi connectivity index (χ1v) is 5.05. The molecule has 0 aliphatic carbocycles. The van der Waals surface area contributed by atoms with Crippen LogP contribution in [0.4, 0.5) is 0 Å². The van der Waals surface area contributed by atoms with E-state index in [2.05, 4.69) is 21.6 Å². The van der Waals surface area contributed by atoms with E-state index in [0.717, 1.165) is 6.42 Å². The Balaban J connectivity index is 2.09. The summed E-state index contributed by atoms with van der Waals surface area (Å²) in [5, 5.41) is 12.3. The van der Waals surface area contributed by atoms with Crippen molar-refractivity contribution in [2.75, 3.05) is 13.2 Å². The third kappa shape index (κ3) is 1.23. The fourth-order valence-corrected chi connectivity index (χ4v) is 2.39. The van der Waals surface area contributed by atoms with Crippen molar-refractivity contribution in [2.45, 2.75) is 18.1 Å². The van der Waals surface area contributed by atoms with Crippen molar-refractivity contribution in [2.24, 2.45) is 0 Å². The summed E-state index contributed by atoms with van der Waals surface area (Å²) in [5.41, 5.74) is -0.0664. The third-order valence-electron chi connectivity index (χ3n) is 3.14. The predicted molar refractivity (Wildman–Crippen MR) is 51.9 cm³/mol. The lowest BCUT2D eigenvalue weighted by atomic mass is 9.95. The molecular weight excluding hydrogens is 210 g/mol. The van der Waals surface area contributed by atoms with Crippen LogP contribution in [-0.4, -0.2) is 40.2 Å². The zero-order valence-electron chi connectivity index (χ0n) is 8.43. The fourth-order valence-electron chi connectivity index (χ4n) is 2.39. The van der Waals surface area contributed by atoms with Gasteiger partial charge in [0, 0.05) is 25.2 Å². The molecule has 2 aliphatic heterocycles. The van der Waals surface area contributed by atoms with Crippen molar-refractivity contribution < 1.29 is 14.6 Å². The summed E-state index contributed by atoms with van der Waals surface area (Å²) >= 11 is 0. The van der Waals surface area contributed by atoms with E-state index in [0.29, 0.717) is 24.9 Å². The molecule has 6 nitrogen and oxygen atoms in total. The quantitative estimate of drug-likeness (QED) is 0.703. The van der Waals surface area contributed by atoms with Crippen LogP contribution in [0.3, 0.4) is 0 Å². The molecule has 1 aromatic rings. The maximum Gasteiger partial charge on any atom is 0.339 e. The molecule has 3 rings (SSSR count). The number of carbonyl (C=O) groups is 1. The van der Waals surface area contributed by atoms with Crippen LogP contribution in [0, 0.1) is 6.33 Å². The maximum atomic E-state index is 11.1. The summed E-state index contributed by atoms with van der Waals surface area (Å²) in [7, 11) is 0. The zero-order valence-corrected chi connectivity index (χ0v) is 8.43. The van der Waals surface area contributed by atoms with Crippen molar-refractivity contribution in [1.82, 2.24) is 15.3 Å². The minimum Gasteiger partial charge on any atom is -0.478 e. The highest BCUT2D eigenvalue weighted by atomic mass is 16.5. The first-order valence-electron chi connectivity index (χ1n) is 5.05. The monoisotopic (exact) mass is 220 g/mol. The van der Waals surface area contributed by atoms with Gasteiger partial charge in [0.1, 0.15) is 11.2 Å². The van der Waals surface area contributed by atoms with Gasteiger partial charge in [-0.2, -0.15) is 0 Å². The van der Waals surface area contributed by atoms with Gasteiger partial charge < -0.3 is 15.2 Å². The summed E-state index contributed by atoms with van der Waals surface area (Å²) in [6.07, 6.45) is 4.47. The molecule has 0 amide bonds.